The molecule has 156 valence electrons. The molecule has 1 N–H and O–H groups in total. The molecule has 0 saturated carbocycles. The van der Waals surface area contributed by atoms with Crippen LogP contribution < -0.4 is 5.32 Å². The zero-order valence-corrected chi connectivity index (χ0v) is 18.2. The van der Waals surface area contributed by atoms with Gasteiger partial charge in [0.2, 0.25) is 11.8 Å². The zero-order chi connectivity index (χ0) is 19.9. The molecule has 1 saturated heterocycles. The Morgan fingerprint density at radius 2 is 1.22 bits per heavy atom. The highest BCUT2D eigenvalue weighted by Gasteiger charge is 2.32. The van der Waals surface area contributed by atoms with Gasteiger partial charge in [0.1, 0.15) is 0 Å². The minimum Gasteiger partial charge on any atom is -0.296 e. The van der Waals surface area contributed by atoms with Crippen molar-refractivity contribution in [2.75, 3.05) is 0 Å². The topological polar surface area (TPSA) is 46.2 Å². The van der Waals surface area contributed by atoms with Crippen LogP contribution in [0, 0.1) is 5.92 Å². The number of rotatable bonds is 16. The molecule has 1 aliphatic rings. The molecule has 27 heavy (non-hydrogen) atoms. The molecule has 0 radical (unpaired) electrons. The Balaban J connectivity index is 1.94. The molecule has 0 bridgehead atoms. The van der Waals surface area contributed by atoms with Crippen LogP contribution in [-0.4, -0.2) is 11.8 Å². The van der Waals surface area contributed by atoms with Crippen LogP contribution in [0.25, 0.3) is 0 Å². The first-order chi connectivity index (χ1) is 13.1. The van der Waals surface area contributed by atoms with Crippen molar-refractivity contribution in [2.45, 2.75) is 124 Å². The van der Waals surface area contributed by atoms with Gasteiger partial charge in [-0.1, -0.05) is 102 Å². The van der Waals surface area contributed by atoms with Gasteiger partial charge >= 0.3 is 0 Å². The number of imide groups is 1. The van der Waals surface area contributed by atoms with E-state index in [0.717, 1.165) is 12.0 Å². The van der Waals surface area contributed by atoms with Crippen LogP contribution in [0.3, 0.4) is 0 Å². The molecule has 1 rings (SSSR count). The molecule has 3 nitrogen and oxygen atoms in total. The highest BCUT2D eigenvalue weighted by Crippen LogP contribution is 2.25. The van der Waals surface area contributed by atoms with Gasteiger partial charge in [-0.3, -0.25) is 14.9 Å². The highest BCUT2D eigenvalue weighted by atomic mass is 16.2. The highest BCUT2D eigenvalue weighted by molar-refractivity contribution is 6.04. The summed E-state index contributed by atoms with van der Waals surface area (Å²) in [7, 11) is 0. The van der Waals surface area contributed by atoms with E-state index in [4.69, 9.17) is 0 Å². The molecule has 1 heterocycles. The van der Waals surface area contributed by atoms with Crippen LogP contribution in [0.5, 0.6) is 0 Å². The third kappa shape index (κ3) is 10.7. The van der Waals surface area contributed by atoms with Gasteiger partial charge in [0.15, 0.2) is 0 Å². The van der Waals surface area contributed by atoms with Gasteiger partial charge in [-0.05, 0) is 26.7 Å². The summed E-state index contributed by atoms with van der Waals surface area (Å²) in [6.45, 7) is 6.41. The minimum absolute atomic E-state index is 0.113. The van der Waals surface area contributed by atoms with Crippen molar-refractivity contribution in [3.8, 4) is 0 Å². The van der Waals surface area contributed by atoms with E-state index in [1.165, 1.54) is 95.5 Å². The predicted molar refractivity (Wildman–Crippen MR) is 115 cm³/mol. The number of unbranched alkanes of at least 4 members (excludes halogenated alkanes) is 13. The molecule has 0 aliphatic carbocycles. The summed E-state index contributed by atoms with van der Waals surface area (Å²) in [6, 6.07) is 0. The second-order valence-electron chi connectivity index (χ2n) is 8.48. The van der Waals surface area contributed by atoms with Crippen molar-refractivity contribution in [1.29, 1.82) is 0 Å². The molecular weight excluding hydrogens is 334 g/mol. The zero-order valence-electron chi connectivity index (χ0n) is 18.2. The van der Waals surface area contributed by atoms with Gasteiger partial charge in [0, 0.05) is 6.42 Å². The molecule has 2 amide bonds. The second kappa shape index (κ2) is 14.9. The minimum atomic E-state index is -0.218. The fourth-order valence-corrected chi connectivity index (χ4v) is 3.98. The molecule has 1 fully saturated rings. The van der Waals surface area contributed by atoms with Crippen molar-refractivity contribution in [3.63, 3.8) is 0 Å². The number of nitrogens with one attached hydrogen (secondary N) is 1. The molecule has 0 aromatic carbocycles. The first-order valence-electron chi connectivity index (χ1n) is 11.6. The maximum absolute atomic E-state index is 11.8. The summed E-state index contributed by atoms with van der Waals surface area (Å²) >= 11 is 0. The summed E-state index contributed by atoms with van der Waals surface area (Å²) in [5, 5.41) is 2.41. The van der Waals surface area contributed by atoms with E-state index in [1.807, 2.05) is 6.92 Å². The van der Waals surface area contributed by atoms with E-state index < -0.39 is 0 Å². The predicted octanol–water partition coefficient (Wildman–Crippen LogP) is 6.86. The Kier molecular flexibility index (Phi) is 13.2. The quantitative estimate of drug-likeness (QED) is 0.181. The molecule has 1 atom stereocenters. The van der Waals surface area contributed by atoms with Crippen molar-refractivity contribution in [3.05, 3.63) is 11.1 Å². The molecule has 0 spiro atoms. The van der Waals surface area contributed by atoms with Gasteiger partial charge < -0.3 is 0 Å². The monoisotopic (exact) mass is 377 g/mol. The summed E-state index contributed by atoms with van der Waals surface area (Å²) in [5.74, 6) is -0.462. The largest absolute Gasteiger partial charge is 0.296 e. The van der Waals surface area contributed by atoms with Crippen molar-refractivity contribution in [2.24, 2.45) is 5.92 Å². The normalized spacial score (nSPS) is 18.0. The average molecular weight is 378 g/mol. The number of carbonyl (C=O) groups excluding carboxylic acids is 2. The number of allylic oxidation sites excluding steroid dienone is 1. The first-order valence-corrected chi connectivity index (χ1v) is 11.6. The van der Waals surface area contributed by atoms with Crippen molar-refractivity contribution >= 4 is 11.8 Å². The standard InChI is InChI=1S/C24H43NO2/c1-4-5-6-7-8-9-10-11-12-13-14-15-16-17-18-20(2)21(3)22-19-23(26)25-24(22)27/h22H,4-19H2,1-3H3,(H,25,26,27). The van der Waals surface area contributed by atoms with Crippen LogP contribution in [0.1, 0.15) is 124 Å². The lowest BCUT2D eigenvalue weighted by Gasteiger charge is -2.12. The SMILES string of the molecule is CCCCCCCCCCCCCCCCC(C)=C(C)C1CC(=O)NC1=O. The van der Waals surface area contributed by atoms with E-state index in [0.29, 0.717) is 6.42 Å². The number of hydrogen-bond donors (Lipinski definition) is 1. The van der Waals surface area contributed by atoms with E-state index >= 15 is 0 Å². The molecule has 0 aromatic rings. The third-order valence-corrected chi connectivity index (χ3v) is 6.07. The molecule has 1 unspecified atom stereocenters. The fourth-order valence-electron chi connectivity index (χ4n) is 3.98. The van der Waals surface area contributed by atoms with E-state index in [-0.39, 0.29) is 17.7 Å². The van der Waals surface area contributed by atoms with Gasteiger partial charge in [0.05, 0.1) is 5.92 Å². The Hall–Kier alpha value is -1.12. The van der Waals surface area contributed by atoms with Crippen LogP contribution in [0.2, 0.25) is 0 Å². The van der Waals surface area contributed by atoms with E-state index in [2.05, 4.69) is 19.2 Å². The second-order valence-corrected chi connectivity index (χ2v) is 8.48. The van der Waals surface area contributed by atoms with Gasteiger partial charge in [-0.2, -0.15) is 0 Å². The number of hydrogen-bond acceptors (Lipinski definition) is 2. The lowest BCUT2D eigenvalue weighted by molar-refractivity contribution is -0.125. The number of amides is 2. The summed E-state index contributed by atoms with van der Waals surface area (Å²) < 4.78 is 0. The van der Waals surface area contributed by atoms with E-state index in [1.54, 1.807) is 0 Å². The molecule has 0 aromatic heterocycles. The van der Waals surface area contributed by atoms with Gasteiger partial charge in [-0.15, -0.1) is 0 Å². The maximum Gasteiger partial charge on any atom is 0.234 e. The molecular formula is C24H43NO2. The fraction of sp³-hybridized carbons (Fsp3) is 0.833. The summed E-state index contributed by atoms with van der Waals surface area (Å²) in [4.78, 5) is 23.1. The van der Waals surface area contributed by atoms with Gasteiger partial charge in [-0.25, -0.2) is 0 Å². The Bertz CT molecular complexity index is 467. The number of carbonyl (C=O) groups is 2. The Morgan fingerprint density at radius 3 is 1.63 bits per heavy atom. The summed E-state index contributed by atoms with van der Waals surface area (Å²) in [6.07, 6.45) is 20.6. The van der Waals surface area contributed by atoms with Crippen LogP contribution >= 0.6 is 0 Å². The first kappa shape index (κ1) is 23.9. The smallest absolute Gasteiger partial charge is 0.234 e. The van der Waals surface area contributed by atoms with Crippen LogP contribution in [0.4, 0.5) is 0 Å². The average Bonchev–Trinajstić information content (AvgIpc) is 2.99. The summed E-state index contributed by atoms with van der Waals surface area (Å²) in [5.41, 5.74) is 2.40. The third-order valence-electron chi connectivity index (χ3n) is 6.07. The maximum atomic E-state index is 11.8. The lowest BCUT2D eigenvalue weighted by atomic mass is 9.92. The van der Waals surface area contributed by atoms with Crippen LogP contribution in [0.15, 0.2) is 11.1 Å². The van der Waals surface area contributed by atoms with Crippen molar-refractivity contribution < 1.29 is 9.59 Å². The van der Waals surface area contributed by atoms with Gasteiger partial charge in [0.25, 0.3) is 0 Å². The Morgan fingerprint density at radius 1 is 0.778 bits per heavy atom. The molecule has 3 heteroatoms. The van der Waals surface area contributed by atoms with E-state index in [9.17, 15) is 9.59 Å². The Labute approximate surface area is 167 Å². The lowest BCUT2D eigenvalue weighted by Crippen LogP contribution is -2.22. The van der Waals surface area contributed by atoms with Crippen LogP contribution in [-0.2, 0) is 9.59 Å². The molecule has 1 aliphatic heterocycles. The van der Waals surface area contributed by atoms with Crippen molar-refractivity contribution in [1.82, 2.24) is 5.32 Å².